The molecule has 160 valence electrons. The van der Waals surface area contributed by atoms with Gasteiger partial charge in [-0.25, -0.2) is 9.69 Å². The SMILES string of the molecule is O=C1C(C2=N[C@H](C(=O)O)[C@H]3C(=O)N(c4ccc(Cl)cc4Cl)C(=O)[C@H]23)=C(O)c2ccccc21. The number of aliphatic imine (C=N–C) groups is 1. The molecule has 2 aromatic rings. The van der Waals surface area contributed by atoms with Crippen LogP contribution in [0.1, 0.15) is 15.9 Å². The van der Waals surface area contributed by atoms with E-state index in [0.717, 1.165) is 4.90 Å². The van der Waals surface area contributed by atoms with Gasteiger partial charge in [-0.15, -0.1) is 0 Å². The maximum Gasteiger partial charge on any atom is 0.329 e. The summed E-state index contributed by atoms with van der Waals surface area (Å²) in [6, 6.07) is 8.83. The summed E-state index contributed by atoms with van der Waals surface area (Å²) in [5, 5.41) is 20.7. The minimum Gasteiger partial charge on any atom is -0.506 e. The molecule has 8 nitrogen and oxygen atoms in total. The number of ketones is 1. The Bertz CT molecular complexity index is 1330. The monoisotopic (exact) mass is 470 g/mol. The van der Waals surface area contributed by atoms with Gasteiger partial charge in [0.1, 0.15) is 5.76 Å². The molecule has 0 unspecified atom stereocenters. The Balaban J connectivity index is 1.65. The van der Waals surface area contributed by atoms with E-state index in [2.05, 4.69) is 4.99 Å². The number of nitrogens with zero attached hydrogens (tertiary/aromatic N) is 2. The molecule has 0 radical (unpaired) electrons. The van der Waals surface area contributed by atoms with Crippen LogP contribution in [-0.4, -0.2) is 45.5 Å². The molecule has 10 heteroatoms. The third kappa shape index (κ3) is 2.66. The van der Waals surface area contributed by atoms with Crippen LogP contribution >= 0.6 is 23.2 Å². The number of amides is 2. The van der Waals surface area contributed by atoms with Crippen LogP contribution in [0.25, 0.3) is 5.76 Å². The number of aliphatic carboxylic acids is 1. The van der Waals surface area contributed by atoms with Crippen molar-refractivity contribution in [3.05, 3.63) is 69.2 Å². The van der Waals surface area contributed by atoms with E-state index < -0.39 is 47.2 Å². The summed E-state index contributed by atoms with van der Waals surface area (Å²) in [7, 11) is 0. The number of imide groups is 1. The summed E-state index contributed by atoms with van der Waals surface area (Å²) in [6.07, 6.45) is 0. The Morgan fingerprint density at radius 1 is 1.00 bits per heavy atom. The largest absolute Gasteiger partial charge is 0.506 e. The quantitative estimate of drug-likeness (QED) is 0.663. The third-order valence-electron chi connectivity index (χ3n) is 5.81. The molecule has 0 bridgehead atoms. The number of aliphatic hydroxyl groups excluding tert-OH is 1. The number of Topliss-reactive ketones (excluding diaryl/α,β-unsaturated/α-hetero) is 1. The highest BCUT2D eigenvalue weighted by molar-refractivity contribution is 6.44. The Kier molecular flexibility index (Phi) is 4.47. The Morgan fingerprint density at radius 2 is 1.69 bits per heavy atom. The van der Waals surface area contributed by atoms with E-state index in [9.17, 15) is 29.4 Å². The van der Waals surface area contributed by atoms with Gasteiger partial charge in [0.2, 0.25) is 11.8 Å². The van der Waals surface area contributed by atoms with Crippen molar-refractivity contribution < 1.29 is 29.4 Å². The van der Waals surface area contributed by atoms with Gasteiger partial charge in [0.05, 0.1) is 33.8 Å². The smallest absolute Gasteiger partial charge is 0.329 e. The fourth-order valence-corrected chi connectivity index (χ4v) is 4.93. The van der Waals surface area contributed by atoms with E-state index in [1.165, 1.54) is 30.3 Å². The number of hydrogen-bond donors (Lipinski definition) is 2. The van der Waals surface area contributed by atoms with Crippen LogP contribution in [0.3, 0.4) is 0 Å². The van der Waals surface area contributed by atoms with E-state index in [1.54, 1.807) is 12.1 Å². The molecule has 2 amide bonds. The van der Waals surface area contributed by atoms with Crippen LogP contribution in [0.15, 0.2) is 53.0 Å². The maximum atomic E-state index is 13.4. The fraction of sp³-hybridized carbons (Fsp3) is 0.136. The van der Waals surface area contributed by atoms with E-state index in [-0.39, 0.29) is 38.1 Å². The molecule has 2 aliphatic heterocycles. The molecule has 0 spiro atoms. The van der Waals surface area contributed by atoms with Gasteiger partial charge < -0.3 is 10.2 Å². The first-order valence-electron chi connectivity index (χ1n) is 9.43. The Labute approximate surface area is 190 Å². The van der Waals surface area contributed by atoms with Crippen LogP contribution in [0, 0.1) is 11.8 Å². The molecule has 1 saturated heterocycles. The third-order valence-corrected chi connectivity index (χ3v) is 6.35. The molecule has 5 rings (SSSR count). The summed E-state index contributed by atoms with van der Waals surface area (Å²) in [6.45, 7) is 0. The summed E-state index contributed by atoms with van der Waals surface area (Å²) in [5.74, 6) is -6.75. The number of allylic oxidation sites excluding steroid dienone is 1. The number of anilines is 1. The number of carboxylic acid groups (broad SMARTS) is 1. The van der Waals surface area contributed by atoms with Crippen molar-refractivity contribution in [2.75, 3.05) is 4.90 Å². The van der Waals surface area contributed by atoms with E-state index in [0.29, 0.717) is 0 Å². The van der Waals surface area contributed by atoms with Crippen LogP contribution in [0.2, 0.25) is 10.0 Å². The van der Waals surface area contributed by atoms with Gasteiger partial charge >= 0.3 is 5.97 Å². The number of rotatable bonds is 3. The molecule has 1 fully saturated rings. The molecule has 3 atom stereocenters. The highest BCUT2D eigenvalue weighted by Crippen LogP contribution is 2.45. The zero-order valence-electron chi connectivity index (χ0n) is 16.0. The molecule has 3 aliphatic rings. The number of carbonyl (C=O) groups is 4. The number of carbonyl (C=O) groups excluding carboxylic acids is 3. The summed E-state index contributed by atoms with van der Waals surface area (Å²) < 4.78 is 0. The van der Waals surface area contributed by atoms with Crippen molar-refractivity contribution in [2.24, 2.45) is 16.8 Å². The first-order chi connectivity index (χ1) is 15.2. The molecule has 1 aliphatic carbocycles. The number of benzene rings is 2. The summed E-state index contributed by atoms with van der Waals surface area (Å²) in [4.78, 5) is 56.3. The molecule has 2 aromatic carbocycles. The van der Waals surface area contributed by atoms with Crippen molar-refractivity contribution in [3.8, 4) is 0 Å². The fourth-order valence-electron chi connectivity index (χ4n) is 4.44. The number of hydrogen-bond acceptors (Lipinski definition) is 6. The van der Waals surface area contributed by atoms with Gasteiger partial charge in [-0.2, -0.15) is 0 Å². The molecule has 0 saturated carbocycles. The second-order valence-electron chi connectivity index (χ2n) is 7.51. The zero-order chi connectivity index (χ0) is 22.9. The van der Waals surface area contributed by atoms with Gasteiger partial charge in [-0.3, -0.25) is 19.4 Å². The molecule has 32 heavy (non-hydrogen) atoms. The standard InChI is InChI=1S/C22H12Cl2N2O6/c23-8-5-6-12(11(24)7-8)26-20(29)13-14(21(26)30)17(22(31)32)25-16(13)15-18(27)9-3-1-2-4-10(9)19(15)28/h1-7,13-14,17,27H,(H,31,32)/t13-,14-,17-/m0/s1. The van der Waals surface area contributed by atoms with Crippen molar-refractivity contribution in [3.63, 3.8) is 0 Å². The average molecular weight is 471 g/mol. The lowest BCUT2D eigenvalue weighted by molar-refractivity contribution is -0.141. The molecule has 2 heterocycles. The zero-order valence-corrected chi connectivity index (χ0v) is 17.5. The van der Waals surface area contributed by atoms with E-state index in [4.69, 9.17) is 23.2 Å². The van der Waals surface area contributed by atoms with Crippen molar-refractivity contribution in [1.29, 1.82) is 0 Å². The predicted octanol–water partition coefficient (Wildman–Crippen LogP) is 3.17. The van der Waals surface area contributed by atoms with Gasteiger partial charge in [0.15, 0.2) is 11.8 Å². The lowest BCUT2D eigenvalue weighted by Gasteiger charge is -2.18. The van der Waals surface area contributed by atoms with E-state index >= 15 is 0 Å². The van der Waals surface area contributed by atoms with Crippen LogP contribution in [-0.2, 0) is 14.4 Å². The molecular formula is C22H12Cl2N2O6. The molecular weight excluding hydrogens is 459 g/mol. The lowest BCUT2D eigenvalue weighted by atomic mass is 9.85. The minimum absolute atomic E-state index is 0.0240. The number of carboxylic acids is 1. The minimum atomic E-state index is -1.60. The van der Waals surface area contributed by atoms with E-state index in [1.807, 2.05) is 0 Å². The second kappa shape index (κ2) is 7.01. The lowest BCUT2D eigenvalue weighted by Crippen LogP contribution is -2.36. The van der Waals surface area contributed by atoms with Crippen LogP contribution in [0.4, 0.5) is 5.69 Å². The highest BCUT2D eigenvalue weighted by Gasteiger charge is 2.61. The summed E-state index contributed by atoms with van der Waals surface area (Å²) >= 11 is 12.1. The first kappa shape index (κ1) is 20.4. The Morgan fingerprint density at radius 3 is 2.31 bits per heavy atom. The van der Waals surface area contributed by atoms with Crippen molar-refractivity contribution >= 4 is 63.9 Å². The van der Waals surface area contributed by atoms with Gasteiger partial charge in [-0.1, -0.05) is 47.5 Å². The van der Waals surface area contributed by atoms with Gasteiger partial charge in [-0.05, 0) is 18.2 Å². The van der Waals surface area contributed by atoms with Crippen LogP contribution in [0.5, 0.6) is 0 Å². The summed E-state index contributed by atoms with van der Waals surface area (Å²) in [5.41, 5.74) is 0.0117. The first-order valence-corrected chi connectivity index (χ1v) is 10.2. The average Bonchev–Trinajstić information content (AvgIpc) is 3.34. The highest BCUT2D eigenvalue weighted by atomic mass is 35.5. The van der Waals surface area contributed by atoms with Gasteiger partial charge in [0, 0.05) is 16.1 Å². The van der Waals surface area contributed by atoms with Crippen molar-refractivity contribution in [2.45, 2.75) is 6.04 Å². The normalized spacial score (nSPS) is 24.2. The number of fused-ring (bicyclic) bond motifs is 2. The van der Waals surface area contributed by atoms with Crippen molar-refractivity contribution in [1.82, 2.24) is 0 Å². The number of halogens is 2. The topological polar surface area (TPSA) is 124 Å². The number of aliphatic hydroxyl groups is 1. The van der Waals surface area contributed by atoms with Crippen LogP contribution < -0.4 is 4.90 Å². The second-order valence-corrected chi connectivity index (χ2v) is 8.35. The molecule has 2 N–H and O–H groups in total. The molecule has 0 aromatic heterocycles. The predicted molar refractivity (Wildman–Crippen MR) is 115 cm³/mol. The Hall–Kier alpha value is -3.49. The van der Waals surface area contributed by atoms with Gasteiger partial charge in [0.25, 0.3) is 0 Å². The maximum absolute atomic E-state index is 13.4.